The van der Waals surface area contributed by atoms with Gasteiger partial charge in [0.05, 0.1) is 19.8 Å². The zero-order chi connectivity index (χ0) is 36.7. The average molecular weight is 714 g/mol. The van der Waals surface area contributed by atoms with Crippen molar-refractivity contribution in [2.45, 2.75) is 37.7 Å². The predicted octanol–water partition coefficient (Wildman–Crippen LogP) is 10.8. The van der Waals surface area contributed by atoms with Crippen LogP contribution in [0.25, 0.3) is 39.1 Å². The van der Waals surface area contributed by atoms with Crippen LogP contribution < -0.4 is 14.4 Å². The van der Waals surface area contributed by atoms with E-state index in [9.17, 15) is 0 Å². The fraction of sp³-hybridized carbons (Fsp3) is 0.265. The van der Waals surface area contributed by atoms with Crippen LogP contribution in [0.15, 0.2) is 127 Å². The van der Waals surface area contributed by atoms with E-state index < -0.39 is 5.60 Å². The summed E-state index contributed by atoms with van der Waals surface area (Å²) in [5.74, 6) is 1.74. The van der Waals surface area contributed by atoms with E-state index >= 15 is 0 Å². The Hall–Kier alpha value is -5.36. The largest absolute Gasteiger partial charge is 0.491 e. The van der Waals surface area contributed by atoms with Gasteiger partial charge in [0.2, 0.25) is 0 Å². The van der Waals surface area contributed by atoms with Crippen molar-refractivity contribution in [1.29, 1.82) is 0 Å². The Labute approximate surface area is 318 Å². The van der Waals surface area contributed by atoms with Gasteiger partial charge in [-0.15, -0.1) is 0 Å². The molecule has 9 rings (SSSR count). The molecule has 5 nitrogen and oxygen atoms in total. The van der Waals surface area contributed by atoms with Gasteiger partial charge in [-0.3, -0.25) is 0 Å². The topological polar surface area (TPSA) is 40.2 Å². The molecule has 1 atom stereocenters. The lowest BCUT2D eigenvalue weighted by molar-refractivity contribution is 0.122. The summed E-state index contributed by atoms with van der Waals surface area (Å²) < 4.78 is 24.5. The second-order valence-electron chi connectivity index (χ2n) is 14.6. The molecule has 6 aromatic carbocycles. The summed E-state index contributed by atoms with van der Waals surface area (Å²) >= 11 is 0. The summed E-state index contributed by atoms with van der Waals surface area (Å²) in [7, 11) is 1.69. The van der Waals surface area contributed by atoms with Gasteiger partial charge in [-0.1, -0.05) is 111 Å². The number of ether oxygens (including phenoxy) is 4. The molecule has 2 aliphatic heterocycles. The highest BCUT2D eigenvalue weighted by Gasteiger charge is 2.47. The third kappa shape index (κ3) is 5.52. The quantitative estimate of drug-likeness (QED) is 0.132. The molecule has 0 aromatic heterocycles. The first-order chi connectivity index (χ1) is 26.6. The van der Waals surface area contributed by atoms with E-state index in [0.29, 0.717) is 13.2 Å². The van der Waals surface area contributed by atoms with Gasteiger partial charge in [0.1, 0.15) is 18.1 Å². The molecule has 1 saturated heterocycles. The average Bonchev–Trinajstić information content (AvgIpc) is 3.55. The lowest BCUT2D eigenvalue weighted by Gasteiger charge is -2.39. The van der Waals surface area contributed by atoms with Crippen molar-refractivity contribution in [3.63, 3.8) is 0 Å². The van der Waals surface area contributed by atoms with Crippen LogP contribution in [0, 0.1) is 0 Å². The van der Waals surface area contributed by atoms with Crippen LogP contribution in [0.4, 0.5) is 5.69 Å². The van der Waals surface area contributed by atoms with Crippen LogP contribution >= 0.6 is 0 Å². The molecule has 1 unspecified atom stereocenters. The van der Waals surface area contributed by atoms with Crippen LogP contribution in [0.2, 0.25) is 0 Å². The monoisotopic (exact) mass is 713 g/mol. The maximum Gasteiger partial charge on any atom is 0.178 e. The first-order valence-corrected chi connectivity index (χ1v) is 19.4. The molecule has 1 aliphatic carbocycles. The smallest absolute Gasteiger partial charge is 0.178 e. The van der Waals surface area contributed by atoms with E-state index in [4.69, 9.17) is 18.9 Å². The Morgan fingerprint density at radius 1 is 0.704 bits per heavy atom. The molecule has 0 amide bonds. The highest BCUT2D eigenvalue weighted by atomic mass is 16.5. The molecule has 2 heterocycles. The summed E-state index contributed by atoms with van der Waals surface area (Å²) in [6.07, 6.45) is 6.63. The van der Waals surface area contributed by atoms with Crippen molar-refractivity contribution in [3.05, 3.63) is 155 Å². The van der Waals surface area contributed by atoms with Gasteiger partial charge in [-0.2, -0.15) is 0 Å². The molecule has 0 N–H and O–H groups in total. The normalized spacial score (nSPS) is 18.2. The van der Waals surface area contributed by atoms with Gasteiger partial charge in [0, 0.05) is 53.4 Å². The third-order valence-electron chi connectivity index (χ3n) is 12.1. The molecular weight excluding hydrogens is 667 g/mol. The zero-order valence-corrected chi connectivity index (χ0v) is 31.4. The molecule has 272 valence electrons. The molecule has 0 spiro atoms. The molecule has 1 fully saturated rings. The van der Waals surface area contributed by atoms with Crippen molar-refractivity contribution >= 4 is 22.5 Å². The number of hydrogen-bond acceptors (Lipinski definition) is 5. The Morgan fingerprint density at radius 3 is 2.09 bits per heavy atom. The second kappa shape index (κ2) is 14.1. The molecular formula is C49H47NO4. The Bertz CT molecular complexity index is 2320. The van der Waals surface area contributed by atoms with Crippen LogP contribution in [-0.4, -0.2) is 46.6 Å². The van der Waals surface area contributed by atoms with Crippen molar-refractivity contribution in [1.82, 2.24) is 0 Å². The highest BCUT2D eigenvalue weighted by molar-refractivity contribution is 6.08. The van der Waals surface area contributed by atoms with Gasteiger partial charge in [0.15, 0.2) is 5.60 Å². The maximum absolute atomic E-state index is 7.65. The van der Waals surface area contributed by atoms with E-state index in [2.05, 4.69) is 140 Å². The van der Waals surface area contributed by atoms with E-state index in [0.717, 1.165) is 67.2 Å². The number of morpholine rings is 1. The van der Waals surface area contributed by atoms with Gasteiger partial charge in [-0.05, 0) is 88.0 Å². The van der Waals surface area contributed by atoms with Crippen LogP contribution in [0.5, 0.6) is 11.5 Å². The van der Waals surface area contributed by atoms with Crippen LogP contribution in [-0.2, 0) is 20.5 Å². The van der Waals surface area contributed by atoms with Gasteiger partial charge in [-0.25, -0.2) is 0 Å². The number of benzene rings is 6. The lowest BCUT2D eigenvalue weighted by atomic mass is 9.70. The summed E-state index contributed by atoms with van der Waals surface area (Å²) in [6.45, 7) is 9.01. The molecule has 5 heteroatoms. The summed E-state index contributed by atoms with van der Waals surface area (Å²) in [4.78, 5) is 2.39. The Kier molecular flexibility index (Phi) is 9.00. The minimum Gasteiger partial charge on any atom is -0.491 e. The summed E-state index contributed by atoms with van der Waals surface area (Å²) in [6, 6.07) is 44.1. The first-order valence-electron chi connectivity index (χ1n) is 19.4. The first kappa shape index (κ1) is 34.4. The fourth-order valence-electron chi connectivity index (χ4n) is 9.22. The minimum atomic E-state index is -0.869. The Morgan fingerprint density at radius 2 is 1.39 bits per heavy atom. The van der Waals surface area contributed by atoms with E-state index in [-0.39, 0.29) is 5.41 Å². The molecule has 0 saturated carbocycles. The lowest BCUT2D eigenvalue weighted by Crippen LogP contribution is -2.37. The molecule has 3 aliphatic rings. The molecule has 6 aromatic rings. The fourth-order valence-corrected chi connectivity index (χ4v) is 9.22. The van der Waals surface area contributed by atoms with Crippen LogP contribution in [0.1, 0.15) is 54.5 Å². The van der Waals surface area contributed by atoms with E-state index in [1.54, 1.807) is 7.11 Å². The van der Waals surface area contributed by atoms with E-state index in [1.807, 2.05) is 12.1 Å². The maximum atomic E-state index is 7.65. The summed E-state index contributed by atoms with van der Waals surface area (Å²) in [5.41, 5.74) is 11.4. The Balaban J connectivity index is 1.23. The third-order valence-corrected chi connectivity index (χ3v) is 12.1. The van der Waals surface area contributed by atoms with Crippen molar-refractivity contribution in [2.24, 2.45) is 0 Å². The van der Waals surface area contributed by atoms with Gasteiger partial charge >= 0.3 is 0 Å². The van der Waals surface area contributed by atoms with Crippen molar-refractivity contribution < 1.29 is 18.9 Å². The van der Waals surface area contributed by atoms with Gasteiger partial charge in [0.25, 0.3) is 0 Å². The van der Waals surface area contributed by atoms with Crippen molar-refractivity contribution in [2.75, 3.05) is 51.5 Å². The van der Waals surface area contributed by atoms with Crippen LogP contribution in [0.3, 0.4) is 0 Å². The molecule has 0 bridgehead atoms. The standard InChI is InChI=1S/C49H47NO4/c1-4-48(5-2)44-33-35(34-11-7-6-8-12-34)15-24-42(44)45-40-13-9-10-14-41(40)47-43(46(45)48)25-26-49(54-47,37-18-22-39(23-19-37)53-32-31-51-3)36-16-20-38(21-17-36)50-27-29-52-30-28-50/h6-26,33H,4-5,27-32H2,1-3H3. The summed E-state index contributed by atoms with van der Waals surface area (Å²) in [5, 5.41) is 2.36. The predicted molar refractivity (Wildman–Crippen MR) is 220 cm³/mol. The highest BCUT2D eigenvalue weighted by Crippen LogP contribution is 2.60. The number of hydrogen-bond donors (Lipinski definition) is 0. The number of nitrogens with zero attached hydrogens (tertiary/aromatic N) is 1. The molecule has 0 radical (unpaired) electrons. The minimum absolute atomic E-state index is 0.168. The number of fused-ring (bicyclic) bond motifs is 8. The number of methoxy groups -OCH3 is 1. The number of anilines is 1. The number of rotatable bonds is 10. The van der Waals surface area contributed by atoms with E-state index in [1.165, 1.54) is 50.0 Å². The zero-order valence-electron chi connectivity index (χ0n) is 31.4. The van der Waals surface area contributed by atoms with Gasteiger partial charge < -0.3 is 23.8 Å². The molecule has 54 heavy (non-hydrogen) atoms. The second-order valence-corrected chi connectivity index (χ2v) is 14.6. The SMILES string of the molecule is CCC1(CC)c2cc(-c3ccccc3)ccc2-c2c1c1c(c3ccccc23)OC(c2ccc(OCCOC)cc2)(c2ccc(N3CCOCC3)cc2)C=C1. The van der Waals surface area contributed by atoms with Crippen molar-refractivity contribution in [3.8, 4) is 33.8 Å².